The van der Waals surface area contributed by atoms with Crippen molar-refractivity contribution in [2.75, 3.05) is 10.0 Å². The number of fused-ring (bicyclic) bond motifs is 2. The molecule has 1 aliphatic carbocycles. The Morgan fingerprint density at radius 1 is 1.15 bits per heavy atom. The summed E-state index contributed by atoms with van der Waals surface area (Å²) in [5, 5.41) is 2.69. The second-order valence-electron chi connectivity index (χ2n) is 6.66. The van der Waals surface area contributed by atoms with Crippen LogP contribution in [0.3, 0.4) is 0 Å². The van der Waals surface area contributed by atoms with Crippen LogP contribution in [0.15, 0.2) is 45.7 Å². The molecule has 3 aromatic rings. The number of aromatic nitrogens is 1. The second-order valence-corrected chi connectivity index (χ2v) is 8.34. The maximum Gasteiger partial charge on any atom is 0.261 e. The van der Waals surface area contributed by atoms with Gasteiger partial charge in [0.25, 0.3) is 10.0 Å². The molecular weight excluding hydrogens is 354 g/mol. The number of oxazole rings is 1. The van der Waals surface area contributed by atoms with Gasteiger partial charge >= 0.3 is 0 Å². The smallest absolute Gasteiger partial charge is 0.261 e. The molecule has 0 radical (unpaired) electrons. The van der Waals surface area contributed by atoms with Gasteiger partial charge in [0.1, 0.15) is 5.52 Å². The maximum absolute atomic E-state index is 12.7. The second kappa shape index (κ2) is 5.31. The van der Waals surface area contributed by atoms with Crippen LogP contribution in [0, 0.1) is 0 Å². The first-order valence-electron chi connectivity index (χ1n) is 8.34. The molecule has 0 saturated heterocycles. The number of nitrogens with zero attached hydrogens (tertiary/aromatic N) is 1. The Kier molecular flexibility index (Phi) is 3.14. The van der Waals surface area contributed by atoms with Gasteiger partial charge in [0.05, 0.1) is 17.0 Å². The lowest BCUT2D eigenvalue weighted by atomic mass is 10.2. The Bertz CT molecular complexity index is 1160. The fourth-order valence-electron chi connectivity index (χ4n) is 3.10. The number of hydrogen-bond acceptors (Lipinski definition) is 5. The summed E-state index contributed by atoms with van der Waals surface area (Å²) in [4.78, 5) is 16.0. The van der Waals surface area contributed by atoms with Crippen LogP contribution in [0.25, 0.3) is 11.1 Å². The number of sulfonamides is 1. The number of rotatable bonds is 4. The van der Waals surface area contributed by atoms with Crippen LogP contribution in [0.1, 0.15) is 30.2 Å². The SMILES string of the molecule is O=C1Cc2cc(S(=O)(=O)Nc3ccc4nc(C5CC5)oc4c3)ccc2N1. The van der Waals surface area contributed by atoms with Gasteiger partial charge in [-0.2, -0.15) is 0 Å². The van der Waals surface area contributed by atoms with Crippen molar-refractivity contribution in [1.82, 2.24) is 4.98 Å². The van der Waals surface area contributed by atoms with Gasteiger partial charge in [0.15, 0.2) is 11.5 Å². The third-order valence-electron chi connectivity index (χ3n) is 4.60. The van der Waals surface area contributed by atoms with E-state index in [0.717, 1.165) is 24.2 Å². The number of benzene rings is 2. The number of anilines is 2. The highest BCUT2D eigenvalue weighted by Gasteiger charge is 2.29. The van der Waals surface area contributed by atoms with E-state index in [1.165, 1.54) is 12.1 Å². The molecule has 26 heavy (non-hydrogen) atoms. The minimum Gasteiger partial charge on any atom is -0.440 e. The Hall–Kier alpha value is -2.87. The van der Waals surface area contributed by atoms with Crippen molar-refractivity contribution in [1.29, 1.82) is 0 Å². The molecule has 1 saturated carbocycles. The molecule has 2 aromatic carbocycles. The van der Waals surface area contributed by atoms with E-state index in [1.54, 1.807) is 24.3 Å². The lowest BCUT2D eigenvalue weighted by Gasteiger charge is -2.09. The van der Waals surface area contributed by atoms with Crippen LogP contribution in [0.4, 0.5) is 11.4 Å². The van der Waals surface area contributed by atoms with Gasteiger partial charge in [-0.3, -0.25) is 9.52 Å². The van der Waals surface area contributed by atoms with Crippen LogP contribution in [0.5, 0.6) is 0 Å². The van der Waals surface area contributed by atoms with Gasteiger partial charge in [-0.1, -0.05) is 0 Å². The molecular formula is C18H15N3O4S. The molecule has 2 heterocycles. The normalized spacial score (nSPS) is 16.5. The van der Waals surface area contributed by atoms with Crippen molar-refractivity contribution < 1.29 is 17.6 Å². The topological polar surface area (TPSA) is 101 Å². The zero-order valence-electron chi connectivity index (χ0n) is 13.7. The molecule has 2 N–H and O–H groups in total. The zero-order chi connectivity index (χ0) is 17.9. The number of hydrogen-bond donors (Lipinski definition) is 2. The number of nitrogens with one attached hydrogen (secondary N) is 2. The predicted molar refractivity (Wildman–Crippen MR) is 95.6 cm³/mol. The van der Waals surface area contributed by atoms with Crippen LogP contribution in [0.2, 0.25) is 0 Å². The summed E-state index contributed by atoms with van der Waals surface area (Å²) >= 11 is 0. The van der Waals surface area contributed by atoms with Gasteiger partial charge in [-0.15, -0.1) is 0 Å². The Morgan fingerprint density at radius 2 is 2.00 bits per heavy atom. The van der Waals surface area contributed by atoms with Gasteiger partial charge in [0, 0.05) is 17.7 Å². The van der Waals surface area contributed by atoms with E-state index in [0.29, 0.717) is 28.4 Å². The third kappa shape index (κ3) is 2.62. The van der Waals surface area contributed by atoms with E-state index in [4.69, 9.17) is 4.42 Å². The van der Waals surface area contributed by atoms with Crippen molar-refractivity contribution in [3.63, 3.8) is 0 Å². The first kappa shape index (κ1) is 15.4. The molecule has 2 aliphatic rings. The predicted octanol–water partition coefficient (Wildman–Crippen LogP) is 3.00. The van der Waals surface area contributed by atoms with Crippen molar-refractivity contribution in [2.45, 2.75) is 30.1 Å². The molecule has 1 fully saturated rings. The standard InChI is InChI=1S/C18H15N3O4S/c22-17-8-11-7-13(4-6-14(11)19-17)26(23,24)21-12-3-5-15-16(9-12)25-18(20-15)10-1-2-10/h3-7,9-10,21H,1-2,8H2,(H,19,22). The first-order valence-corrected chi connectivity index (χ1v) is 9.82. The molecule has 132 valence electrons. The van der Waals surface area contributed by atoms with E-state index < -0.39 is 10.0 Å². The molecule has 7 nitrogen and oxygen atoms in total. The summed E-state index contributed by atoms with van der Waals surface area (Å²) in [5.41, 5.74) is 3.03. The van der Waals surface area contributed by atoms with E-state index >= 15 is 0 Å². The van der Waals surface area contributed by atoms with Crippen LogP contribution >= 0.6 is 0 Å². The molecule has 1 amide bonds. The summed E-state index contributed by atoms with van der Waals surface area (Å²) in [5.74, 6) is 0.978. The highest BCUT2D eigenvalue weighted by atomic mass is 32.2. The van der Waals surface area contributed by atoms with E-state index in [9.17, 15) is 13.2 Å². The zero-order valence-corrected chi connectivity index (χ0v) is 14.5. The largest absolute Gasteiger partial charge is 0.440 e. The lowest BCUT2D eigenvalue weighted by molar-refractivity contribution is -0.115. The van der Waals surface area contributed by atoms with Crippen molar-refractivity contribution in [3.8, 4) is 0 Å². The maximum atomic E-state index is 12.7. The fourth-order valence-corrected chi connectivity index (χ4v) is 4.20. The minimum absolute atomic E-state index is 0.115. The molecule has 1 aromatic heterocycles. The molecule has 0 bridgehead atoms. The average Bonchev–Trinajstić information content (AvgIpc) is 3.24. The van der Waals surface area contributed by atoms with Gasteiger partial charge in [-0.25, -0.2) is 13.4 Å². The first-order chi connectivity index (χ1) is 12.5. The van der Waals surface area contributed by atoms with Crippen LogP contribution in [-0.2, 0) is 21.2 Å². The summed E-state index contributed by atoms with van der Waals surface area (Å²) in [6.07, 6.45) is 2.36. The Labute approximate surface area is 149 Å². The van der Waals surface area contributed by atoms with Crippen LogP contribution < -0.4 is 10.0 Å². The minimum atomic E-state index is -3.77. The van der Waals surface area contributed by atoms with Crippen molar-refractivity contribution in [2.24, 2.45) is 0 Å². The molecule has 0 atom stereocenters. The van der Waals surface area contributed by atoms with Crippen LogP contribution in [-0.4, -0.2) is 19.3 Å². The fraction of sp³-hybridized carbons (Fsp3) is 0.222. The van der Waals surface area contributed by atoms with E-state index in [2.05, 4.69) is 15.0 Å². The highest BCUT2D eigenvalue weighted by Crippen LogP contribution is 2.40. The molecule has 0 spiro atoms. The molecule has 8 heteroatoms. The Morgan fingerprint density at radius 3 is 2.81 bits per heavy atom. The third-order valence-corrected chi connectivity index (χ3v) is 5.97. The van der Waals surface area contributed by atoms with Crippen molar-refractivity contribution >= 4 is 38.4 Å². The van der Waals surface area contributed by atoms with Gasteiger partial charge in [-0.05, 0) is 48.7 Å². The quantitative estimate of drug-likeness (QED) is 0.736. The Balaban J connectivity index is 1.45. The summed E-state index contributed by atoms with van der Waals surface area (Å²) in [6, 6.07) is 9.66. The highest BCUT2D eigenvalue weighted by molar-refractivity contribution is 7.92. The van der Waals surface area contributed by atoms with Gasteiger partial charge < -0.3 is 9.73 Å². The lowest BCUT2D eigenvalue weighted by Crippen LogP contribution is -2.13. The number of carbonyl (C=O) groups is 1. The average molecular weight is 369 g/mol. The molecule has 5 rings (SSSR count). The van der Waals surface area contributed by atoms with E-state index in [-0.39, 0.29) is 17.2 Å². The summed E-state index contributed by atoms with van der Waals surface area (Å²) in [7, 11) is -3.77. The van der Waals surface area contributed by atoms with Gasteiger partial charge in [0.2, 0.25) is 5.91 Å². The summed E-state index contributed by atoms with van der Waals surface area (Å²) in [6.45, 7) is 0. The summed E-state index contributed by atoms with van der Waals surface area (Å²) < 4.78 is 33.7. The number of amides is 1. The monoisotopic (exact) mass is 369 g/mol. The molecule has 1 aliphatic heterocycles. The van der Waals surface area contributed by atoms with E-state index in [1.807, 2.05) is 0 Å². The van der Waals surface area contributed by atoms with Crippen molar-refractivity contribution in [3.05, 3.63) is 47.9 Å². The number of carbonyl (C=O) groups excluding carboxylic acids is 1. The molecule has 0 unspecified atom stereocenters.